The zero-order valence-corrected chi connectivity index (χ0v) is 24.0. The number of aromatic nitrogens is 2. The van der Waals surface area contributed by atoms with Gasteiger partial charge in [-0.15, -0.1) is 0 Å². The second kappa shape index (κ2) is 14.7. The Bertz CT molecular complexity index is 1470. The number of ketones is 1. The van der Waals surface area contributed by atoms with Gasteiger partial charge in [-0.05, 0) is 77.2 Å². The first-order chi connectivity index (χ1) is 19.5. The fourth-order valence-electron chi connectivity index (χ4n) is 4.17. The number of alkyl halides is 1. The highest BCUT2D eigenvalue weighted by molar-refractivity contribution is 7.84. The van der Waals surface area contributed by atoms with Crippen molar-refractivity contribution in [2.24, 2.45) is 0 Å². The lowest BCUT2D eigenvalue weighted by atomic mass is 10.0. The molecular weight excluding hydrogens is 547 g/mol. The Balaban J connectivity index is 1.35. The normalized spacial score (nSPS) is 12.1. The minimum atomic E-state index is -1.20. The van der Waals surface area contributed by atoms with Crippen molar-refractivity contribution in [3.63, 3.8) is 0 Å². The first kappa shape index (κ1) is 29.4. The molecule has 0 amide bonds. The molecule has 1 heterocycles. The summed E-state index contributed by atoms with van der Waals surface area (Å²) in [5.41, 5.74) is 4.46. The predicted molar refractivity (Wildman–Crippen MR) is 160 cm³/mol. The molecule has 4 rings (SSSR count). The largest absolute Gasteiger partial charge is 0.493 e. The predicted octanol–water partition coefficient (Wildman–Crippen LogP) is 7.48. The molecule has 0 radical (unpaired) electrons. The van der Waals surface area contributed by atoms with Crippen LogP contribution in [0.25, 0.3) is 17.2 Å². The molecule has 0 saturated heterocycles. The molecule has 0 N–H and O–H groups in total. The van der Waals surface area contributed by atoms with Gasteiger partial charge in [-0.25, -0.2) is 4.98 Å². The number of hydrogen-bond donors (Lipinski definition) is 0. The Morgan fingerprint density at radius 2 is 1.82 bits per heavy atom. The summed E-state index contributed by atoms with van der Waals surface area (Å²) in [4.78, 5) is 17.6. The van der Waals surface area contributed by atoms with Gasteiger partial charge in [-0.3, -0.25) is 13.4 Å². The summed E-state index contributed by atoms with van der Waals surface area (Å²) in [7, 11) is -1.20. The molecule has 4 aromatic rings. The number of rotatable bonds is 14. The third kappa shape index (κ3) is 8.23. The maximum absolute atomic E-state index is 12.9. The molecule has 0 aliphatic heterocycles. The summed E-state index contributed by atoms with van der Waals surface area (Å²) in [5.74, 6) is 1.03. The highest BCUT2D eigenvalue weighted by Crippen LogP contribution is 2.28. The maximum atomic E-state index is 12.9. The number of carbonyl (C=O) groups excluding carboxylic acids is 1. The lowest BCUT2D eigenvalue weighted by molar-refractivity contribution is -0.113. The van der Waals surface area contributed by atoms with Crippen LogP contribution in [-0.4, -0.2) is 32.8 Å². The van der Waals surface area contributed by atoms with Gasteiger partial charge in [0.15, 0.2) is 5.78 Å². The van der Waals surface area contributed by atoms with Crippen molar-refractivity contribution in [3.05, 3.63) is 107 Å². The number of imidazole rings is 1. The molecule has 0 saturated carbocycles. The molecular formula is C32H32ClFN2O3S. The third-order valence-electron chi connectivity index (χ3n) is 6.29. The molecule has 0 aliphatic rings. The summed E-state index contributed by atoms with van der Waals surface area (Å²) in [6.07, 6.45) is 8.38. The molecule has 1 aromatic heterocycles. The fraction of sp³-hybridized carbons (Fsp3) is 0.250. The van der Waals surface area contributed by atoms with Gasteiger partial charge in [0.25, 0.3) is 0 Å². The smallest absolute Gasteiger partial charge is 0.160 e. The number of halogens is 2. The van der Waals surface area contributed by atoms with E-state index in [2.05, 4.69) is 11.9 Å². The molecule has 0 bridgehead atoms. The molecule has 208 valence electrons. The number of nitrogens with zero attached hydrogens (tertiary/aromatic N) is 2. The molecule has 0 unspecified atom stereocenters. The van der Waals surface area contributed by atoms with Gasteiger partial charge in [0.1, 0.15) is 5.75 Å². The van der Waals surface area contributed by atoms with Crippen LogP contribution < -0.4 is 4.74 Å². The minimum absolute atomic E-state index is 0.0615. The van der Waals surface area contributed by atoms with Gasteiger partial charge in [-0.1, -0.05) is 48.9 Å². The van der Waals surface area contributed by atoms with Gasteiger partial charge < -0.3 is 9.30 Å². The van der Waals surface area contributed by atoms with Crippen LogP contribution in [0.15, 0.2) is 90.2 Å². The molecule has 5 nitrogen and oxygen atoms in total. The van der Waals surface area contributed by atoms with Crippen molar-refractivity contribution >= 4 is 34.3 Å². The lowest BCUT2D eigenvalue weighted by Crippen LogP contribution is -2.05. The van der Waals surface area contributed by atoms with Crippen LogP contribution in [0.4, 0.5) is 4.39 Å². The van der Waals surface area contributed by atoms with E-state index in [9.17, 15) is 13.4 Å². The number of aryl methyl sites for hydroxylation is 1. The maximum Gasteiger partial charge on any atom is 0.160 e. The Morgan fingerprint density at radius 3 is 2.55 bits per heavy atom. The third-order valence-corrected chi connectivity index (χ3v) is 7.99. The number of hydrogen-bond acceptors (Lipinski definition) is 4. The number of ether oxygens (including phenoxy) is 1. The van der Waals surface area contributed by atoms with Gasteiger partial charge >= 0.3 is 0 Å². The second-order valence-corrected chi connectivity index (χ2v) is 11.2. The van der Waals surface area contributed by atoms with Crippen molar-refractivity contribution < 1.29 is 18.1 Å². The summed E-state index contributed by atoms with van der Waals surface area (Å²) in [6.45, 7) is 2.89. The standard InChI is InChI=1S/C32H32ClFN2O3S/c1-2-17-36-23-35-21-28(36)22-40(38)31-13-4-24(5-14-31)19-29(37)10-6-27-20-26(9-15-32(27)33)25-7-11-30(12-8-25)39-18-3-16-34/h4-15,20-21,23H,2-3,16-19,22H2,1H3/b10-6+/t40-/m1/s1. The highest BCUT2D eigenvalue weighted by atomic mass is 35.5. The summed E-state index contributed by atoms with van der Waals surface area (Å²) < 4.78 is 32.7. The Hall–Kier alpha value is -3.55. The van der Waals surface area contributed by atoms with Crippen molar-refractivity contribution in [1.82, 2.24) is 9.55 Å². The number of carbonyl (C=O) groups is 1. The molecule has 0 aliphatic carbocycles. The van der Waals surface area contributed by atoms with Crippen LogP contribution in [0.3, 0.4) is 0 Å². The van der Waals surface area contributed by atoms with Crippen LogP contribution in [0.5, 0.6) is 5.75 Å². The summed E-state index contributed by atoms with van der Waals surface area (Å²) in [6, 6.07) is 20.6. The van der Waals surface area contributed by atoms with Gasteiger partial charge in [0, 0.05) is 35.5 Å². The van der Waals surface area contributed by atoms with Gasteiger partial charge in [0.05, 0.1) is 41.9 Å². The second-order valence-electron chi connectivity index (χ2n) is 9.34. The van der Waals surface area contributed by atoms with Crippen molar-refractivity contribution in [2.75, 3.05) is 13.3 Å². The van der Waals surface area contributed by atoms with Crippen molar-refractivity contribution in [1.29, 1.82) is 0 Å². The van der Waals surface area contributed by atoms with Crippen LogP contribution in [0.1, 0.15) is 36.6 Å². The van der Waals surface area contributed by atoms with Crippen LogP contribution in [0.2, 0.25) is 5.02 Å². The van der Waals surface area contributed by atoms with E-state index in [4.69, 9.17) is 16.3 Å². The summed E-state index contributed by atoms with van der Waals surface area (Å²) >= 11 is 6.40. The van der Waals surface area contributed by atoms with Crippen LogP contribution in [-0.2, 0) is 34.3 Å². The van der Waals surface area contributed by atoms with Crippen LogP contribution in [0, 0.1) is 0 Å². The van der Waals surface area contributed by atoms with Crippen molar-refractivity contribution in [2.45, 2.75) is 43.4 Å². The SMILES string of the molecule is CCCn1cncc1C[S@@](=O)c1ccc(CC(=O)/C=C/c2cc(-c3ccc(OCCCF)cc3)ccc2Cl)cc1. The van der Waals surface area contributed by atoms with Gasteiger partial charge in [-0.2, -0.15) is 0 Å². The fourth-order valence-corrected chi connectivity index (χ4v) is 5.47. The topological polar surface area (TPSA) is 61.2 Å². The van der Waals surface area contributed by atoms with E-state index >= 15 is 0 Å². The van der Waals surface area contributed by atoms with E-state index in [1.165, 1.54) is 6.08 Å². The van der Waals surface area contributed by atoms with E-state index in [1.807, 2.05) is 65.2 Å². The lowest BCUT2D eigenvalue weighted by Gasteiger charge is -2.08. The average molecular weight is 579 g/mol. The molecule has 8 heteroatoms. The van der Waals surface area contributed by atoms with E-state index in [0.717, 1.165) is 45.8 Å². The molecule has 1 atom stereocenters. The average Bonchev–Trinajstić information content (AvgIpc) is 3.40. The number of benzene rings is 3. The van der Waals surface area contributed by atoms with E-state index in [-0.39, 0.29) is 12.2 Å². The zero-order chi connectivity index (χ0) is 28.3. The Kier molecular flexibility index (Phi) is 10.8. The van der Waals surface area contributed by atoms with Crippen LogP contribution >= 0.6 is 11.6 Å². The quantitative estimate of drug-likeness (QED) is 0.115. The van der Waals surface area contributed by atoms with E-state index in [1.54, 1.807) is 24.7 Å². The highest BCUT2D eigenvalue weighted by Gasteiger charge is 2.10. The van der Waals surface area contributed by atoms with Crippen molar-refractivity contribution in [3.8, 4) is 16.9 Å². The Labute approximate surface area is 242 Å². The first-order valence-electron chi connectivity index (χ1n) is 13.2. The Morgan fingerprint density at radius 1 is 1.07 bits per heavy atom. The molecule has 0 fully saturated rings. The number of allylic oxidation sites excluding steroid dienone is 1. The monoisotopic (exact) mass is 578 g/mol. The van der Waals surface area contributed by atoms with E-state index < -0.39 is 17.5 Å². The molecule has 3 aromatic carbocycles. The first-order valence-corrected chi connectivity index (χ1v) is 14.9. The minimum Gasteiger partial charge on any atom is -0.493 e. The zero-order valence-electron chi connectivity index (χ0n) is 22.4. The van der Waals surface area contributed by atoms with Gasteiger partial charge in [0.2, 0.25) is 0 Å². The summed E-state index contributed by atoms with van der Waals surface area (Å²) in [5, 5.41) is 0.547. The molecule has 0 spiro atoms. The van der Waals surface area contributed by atoms with E-state index in [0.29, 0.717) is 29.6 Å². The molecule has 40 heavy (non-hydrogen) atoms.